The van der Waals surface area contributed by atoms with Crippen LogP contribution in [0.1, 0.15) is 0 Å². The zero-order chi connectivity index (χ0) is 15.4. The molecule has 24 heavy (non-hydrogen) atoms. The second-order valence-electron chi connectivity index (χ2n) is 6.35. The highest BCUT2D eigenvalue weighted by atomic mass is 32.1. The number of hydrogen-bond donors (Lipinski definition) is 1. The third kappa shape index (κ3) is 1.07. The molecule has 5 heterocycles. The van der Waals surface area contributed by atoms with Crippen LogP contribution in [0.15, 0.2) is 58.5 Å². The molecule has 0 fully saturated rings. The Bertz CT molecular complexity index is 1560. The molecule has 0 aliphatic carbocycles. The van der Waals surface area contributed by atoms with E-state index in [-0.39, 0.29) is 0 Å². The number of nitrogens with one attached hydrogen (secondary N) is 1. The second-order valence-corrected chi connectivity index (χ2v) is 7.26. The largest absolute Gasteiger partial charge is 0.447 e. The van der Waals surface area contributed by atoms with Crippen molar-refractivity contribution >= 4 is 70.7 Å². The number of hydrogen-bond acceptors (Lipinski definition) is 2. The van der Waals surface area contributed by atoms with Crippen LogP contribution in [0.3, 0.4) is 0 Å². The van der Waals surface area contributed by atoms with E-state index in [0.29, 0.717) is 0 Å². The molecule has 7 rings (SSSR count). The number of aromatic amines is 1. The van der Waals surface area contributed by atoms with Crippen molar-refractivity contribution in [1.29, 1.82) is 0 Å². The van der Waals surface area contributed by atoms with E-state index in [1.807, 2.05) is 0 Å². The van der Waals surface area contributed by atoms with Crippen molar-refractivity contribution in [3.63, 3.8) is 0 Å². The summed E-state index contributed by atoms with van der Waals surface area (Å²) in [5.74, 6) is 0. The molecule has 0 unspecified atom stereocenters. The summed E-state index contributed by atoms with van der Waals surface area (Å²) in [6, 6.07) is 15.2. The molecule has 7 aromatic rings. The van der Waals surface area contributed by atoms with Gasteiger partial charge in [0, 0.05) is 32.6 Å². The molecule has 0 saturated heterocycles. The fraction of sp³-hybridized carbons (Fsp3) is 0. The molecule has 0 spiro atoms. The Morgan fingerprint density at radius 3 is 2.83 bits per heavy atom. The highest BCUT2D eigenvalue weighted by Crippen LogP contribution is 2.43. The summed E-state index contributed by atoms with van der Waals surface area (Å²) in [5.41, 5.74) is 5.76. The van der Waals surface area contributed by atoms with Gasteiger partial charge in [-0.2, -0.15) is 0 Å². The van der Waals surface area contributed by atoms with Crippen molar-refractivity contribution in [3.05, 3.63) is 54.1 Å². The molecule has 2 aromatic carbocycles. The molecule has 4 heteroatoms. The van der Waals surface area contributed by atoms with E-state index in [1.54, 1.807) is 17.6 Å². The molecular weight excluding hydrogens is 316 g/mol. The fourth-order valence-electron chi connectivity index (χ4n) is 4.35. The monoisotopic (exact) mass is 326 g/mol. The van der Waals surface area contributed by atoms with Gasteiger partial charge >= 0.3 is 0 Å². The molecule has 0 amide bonds. The average Bonchev–Trinajstić information content (AvgIpc) is 3.33. The van der Waals surface area contributed by atoms with Gasteiger partial charge in [0.25, 0.3) is 0 Å². The van der Waals surface area contributed by atoms with Crippen LogP contribution < -0.4 is 0 Å². The number of thiophene rings is 1. The lowest BCUT2D eigenvalue weighted by Gasteiger charge is -1.97. The van der Waals surface area contributed by atoms with Gasteiger partial charge in [-0.15, -0.1) is 11.3 Å². The lowest BCUT2D eigenvalue weighted by molar-refractivity contribution is 0.600. The molecule has 0 aliphatic rings. The average molecular weight is 326 g/mol. The Morgan fingerprint density at radius 1 is 0.875 bits per heavy atom. The number of aromatic nitrogens is 2. The van der Waals surface area contributed by atoms with E-state index in [0.717, 1.165) is 11.1 Å². The van der Waals surface area contributed by atoms with Gasteiger partial charge in [0.05, 0.1) is 22.0 Å². The van der Waals surface area contributed by atoms with Crippen molar-refractivity contribution in [2.45, 2.75) is 0 Å². The Labute approximate surface area is 139 Å². The maximum atomic E-state index is 5.98. The van der Waals surface area contributed by atoms with Gasteiger partial charge < -0.3 is 9.40 Å². The molecule has 112 valence electrons. The van der Waals surface area contributed by atoms with Crippen LogP contribution in [0.25, 0.3) is 59.4 Å². The first kappa shape index (κ1) is 11.5. The van der Waals surface area contributed by atoms with Gasteiger partial charge in [-0.25, -0.2) is 0 Å². The van der Waals surface area contributed by atoms with Gasteiger partial charge in [-0.3, -0.25) is 4.40 Å². The van der Waals surface area contributed by atoms with Crippen LogP contribution in [-0.4, -0.2) is 9.38 Å². The van der Waals surface area contributed by atoms with E-state index >= 15 is 0 Å². The summed E-state index contributed by atoms with van der Waals surface area (Å²) in [4.78, 5) is 3.59. The Hall–Kier alpha value is -2.98. The van der Waals surface area contributed by atoms with Crippen LogP contribution in [0.4, 0.5) is 0 Å². The van der Waals surface area contributed by atoms with Gasteiger partial charge in [-0.1, -0.05) is 12.1 Å². The third-order valence-electron chi connectivity index (χ3n) is 5.25. The molecule has 0 bridgehead atoms. The molecule has 0 radical (unpaired) electrons. The third-order valence-corrected chi connectivity index (χ3v) is 6.19. The van der Waals surface area contributed by atoms with Crippen LogP contribution in [-0.2, 0) is 0 Å². The van der Waals surface area contributed by atoms with Gasteiger partial charge in [0.15, 0.2) is 0 Å². The number of rotatable bonds is 0. The lowest BCUT2D eigenvalue weighted by atomic mass is 10.1. The van der Waals surface area contributed by atoms with Crippen molar-refractivity contribution in [2.75, 3.05) is 0 Å². The minimum absolute atomic E-state index is 0.921. The SMILES string of the molecule is c1cc2[nH]c3ccc4c5sccc5n5c6occc6c(c1)c2c3c45. The summed E-state index contributed by atoms with van der Waals surface area (Å²) in [6.45, 7) is 0. The predicted octanol–water partition coefficient (Wildman–Crippen LogP) is 6.13. The highest BCUT2D eigenvalue weighted by molar-refractivity contribution is 7.18. The van der Waals surface area contributed by atoms with Gasteiger partial charge in [0.1, 0.15) is 0 Å². The van der Waals surface area contributed by atoms with Crippen molar-refractivity contribution in [2.24, 2.45) is 0 Å². The first-order chi connectivity index (χ1) is 11.9. The Balaban J connectivity index is 2.11. The molecule has 0 saturated carbocycles. The molecule has 5 aromatic heterocycles. The zero-order valence-electron chi connectivity index (χ0n) is 12.5. The van der Waals surface area contributed by atoms with E-state index in [1.165, 1.54) is 48.3 Å². The first-order valence-corrected chi connectivity index (χ1v) is 8.83. The Kier molecular flexibility index (Phi) is 1.72. The first-order valence-electron chi connectivity index (χ1n) is 7.95. The topological polar surface area (TPSA) is 33.3 Å². The smallest absolute Gasteiger partial charge is 0.212 e. The quantitative estimate of drug-likeness (QED) is 0.357. The molecule has 1 N–H and O–H groups in total. The number of furan rings is 1. The van der Waals surface area contributed by atoms with E-state index in [2.05, 4.69) is 57.2 Å². The van der Waals surface area contributed by atoms with Gasteiger partial charge in [-0.05, 0) is 41.1 Å². The Morgan fingerprint density at radius 2 is 1.83 bits per heavy atom. The van der Waals surface area contributed by atoms with Crippen LogP contribution in [0.5, 0.6) is 0 Å². The summed E-state index contributed by atoms with van der Waals surface area (Å²) in [5, 5.41) is 8.44. The second kappa shape index (κ2) is 3.57. The number of H-pyrrole nitrogens is 1. The molecule has 0 atom stereocenters. The molecule has 3 nitrogen and oxygen atoms in total. The zero-order valence-corrected chi connectivity index (χ0v) is 13.3. The lowest BCUT2D eigenvalue weighted by Crippen LogP contribution is -1.81. The van der Waals surface area contributed by atoms with Crippen LogP contribution in [0.2, 0.25) is 0 Å². The van der Waals surface area contributed by atoms with E-state index in [9.17, 15) is 0 Å². The predicted molar refractivity (Wildman–Crippen MR) is 101 cm³/mol. The van der Waals surface area contributed by atoms with Crippen molar-refractivity contribution in [1.82, 2.24) is 9.38 Å². The van der Waals surface area contributed by atoms with E-state index in [4.69, 9.17) is 4.42 Å². The fourth-order valence-corrected chi connectivity index (χ4v) is 5.25. The molecule has 0 aliphatic heterocycles. The molecular formula is C20H10N2OS. The summed E-state index contributed by atoms with van der Waals surface area (Å²) in [6.07, 6.45) is 1.80. The minimum atomic E-state index is 0.921. The van der Waals surface area contributed by atoms with E-state index < -0.39 is 0 Å². The standard InChI is InChI=1S/C20H10N2OS/c1-2-10-11-6-8-23-20(11)22-15-7-9-24-19(15)12-4-5-14-17(18(12)22)16(10)13(3-1)21-14/h1-9,21H. The maximum absolute atomic E-state index is 5.98. The van der Waals surface area contributed by atoms with Crippen LogP contribution >= 0.6 is 11.3 Å². The maximum Gasteiger partial charge on any atom is 0.212 e. The summed E-state index contributed by atoms with van der Waals surface area (Å²) >= 11 is 1.79. The van der Waals surface area contributed by atoms with Crippen molar-refractivity contribution < 1.29 is 4.42 Å². The minimum Gasteiger partial charge on any atom is -0.447 e. The number of nitrogens with zero attached hydrogens (tertiary/aromatic N) is 1. The van der Waals surface area contributed by atoms with Gasteiger partial charge in [0.2, 0.25) is 5.71 Å². The van der Waals surface area contributed by atoms with Crippen LogP contribution in [0, 0.1) is 0 Å². The number of fused-ring (bicyclic) bond motifs is 6. The summed E-state index contributed by atoms with van der Waals surface area (Å²) < 4.78 is 9.60. The summed E-state index contributed by atoms with van der Waals surface area (Å²) in [7, 11) is 0. The normalized spacial score (nSPS) is 13.0. The van der Waals surface area contributed by atoms with Crippen molar-refractivity contribution in [3.8, 4) is 0 Å². The number of benzene rings is 2. The highest BCUT2D eigenvalue weighted by Gasteiger charge is 2.21.